The van der Waals surface area contributed by atoms with Gasteiger partial charge >= 0.3 is 5.97 Å². The largest absolute Gasteiger partial charge is 0.481 e. The molecule has 0 aromatic heterocycles. The fourth-order valence-electron chi connectivity index (χ4n) is 2.92. The van der Waals surface area contributed by atoms with Crippen molar-refractivity contribution in [2.24, 2.45) is 5.92 Å². The molecule has 1 aliphatic rings. The molecular formula is C17H23NO3. The standard InChI is InChI=1S/C17H23NO3/c19-16(20)12-15(13-18-10-6-1-2-7-11-18)17(21)14-8-4-3-5-9-14/h3-5,8-9,15H,1-2,6-7,10-13H2,(H,19,20). The van der Waals surface area contributed by atoms with Crippen LogP contribution >= 0.6 is 0 Å². The van der Waals surface area contributed by atoms with E-state index in [0.717, 1.165) is 25.9 Å². The molecule has 114 valence electrons. The highest BCUT2D eigenvalue weighted by molar-refractivity contribution is 5.99. The van der Waals surface area contributed by atoms with E-state index in [0.29, 0.717) is 12.1 Å². The maximum absolute atomic E-state index is 12.5. The molecule has 1 saturated heterocycles. The van der Waals surface area contributed by atoms with E-state index in [2.05, 4.69) is 4.90 Å². The summed E-state index contributed by atoms with van der Waals surface area (Å²) < 4.78 is 0. The van der Waals surface area contributed by atoms with Crippen LogP contribution in [0.15, 0.2) is 30.3 Å². The van der Waals surface area contributed by atoms with E-state index >= 15 is 0 Å². The number of carbonyl (C=O) groups is 2. The highest BCUT2D eigenvalue weighted by Gasteiger charge is 2.25. The molecule has 4 nitrogen and oxygen atoms in total. The molecule has 1 aromatic carbocycles. The summed E-state index contributed by atoms with van der Waals surface area (Å²) in [7, 11) is 0. The highest BCUT2D eigenvalue weighted by Crippen LogP contribution is 2.17. The predicted molar refractivity (Wildman–Crippen MR) is 81.4 cm³/mol. The van der Waals surface area contributed by atoms with Gasteiger partial charge in [0, 0.05) is 18.0 Å². The number of Topliss-reactive ketones (excluding diaryl/α,β-unsaturated/α-hetero) is 1. The average Bonchev–Trinajstić information content (AvgIpc) is 2.75. The van der Waals surface area contributed by atoms with E-state index < -0.39 is 11.9 Å². The topological polar surface area (TPSA) is 57.6 Å². The molecule has 2 rings (SSSR count). The Bertz CT molecular complexity index is 464. The normalized spacial score (nSPS) is 17.9. The first kappa shape index (κ1) is 15.7. The lowest BCUT2D eigenvalue weighted by atomic mass is 9.94. The van der Waals surface area contributed by atoms with E-state index in [9.17, 15) is 9.59 Å². The lowest BCUT2D eigenvalue weighted by molar-refractivity contribution is -0.137. The van der Waals surface area contributed by atoms with Gasteiger partial charge in [-0.2, -0.15) is 0 Å². The van der Waals surface area contributed by atoms with E-state index in [4.69, 9.17) is 5.11 Å². The Hall–Kier alpha value is -1.68. The molecule has 4 heteroatoms. The lowest BCUT2D eigenvalue weighted by Crippen LogP contribution is -2.35. The van der Waals surface area contributed by atoms with Gasteiger partial charge in [-0.15, -0.1) is 0 Å². The van der Waals surface area contributed by atoms with Crippen molar-refractivity contribution in [1.82, 2.24) is 4.90 Å². The molecule has 1 atom stereocenters. The van der Waals surface area contributed by atoms with E-state index in [-0.39, 0.29) is 12.2 Å². The molecule has 1 fully saturated rings. The molecule has 1 aliphatic heterocycles. The molecule has 1 N–H and O–H groups in total. The van der Waals surface area contributed by atoms with Crippen LogP contribution in [0.25, 0.3) is 0 Å². The van der Waals surface area contributed by atoms with Gasteiger partial charge in [0.2, 0.25) is 0 Å². The van der Waals surface area contributed by atoms with Crippen molar-refractivity contribution in [2.75, 3.05) is 19.6 Å². The third-order valence-electron chi connectivity index (χ3n) is 4.03. The number of ketones is 1. The molecule has 0 saturated carbocycles. The minimum Gasteiger partial charge on any atom is -0.481 e. The van der Waals surface area contributed by atoms with Crippen molar-refractivity contribution in [1.29, 1.82) is 0 Å². The van der Waals surface area contributed by atoms with Gasteiger partial charge in [-0.05, 0) is 25.9 Å². The Balaban J connectivity index is 2.06. The molecular weight excluding hydrogens is 266 g/mol. The van der Waals surface area contributed by atoms with Crippen LogP contribution < -0.4 is 0 Å². The van der Waals surface area contributed by atoms with Crippen LogP contribution in [0.4, 0.5) is 0 Å². The molecule has 0 bridgehead atoms. The third kappa shape index (κ3) is 4.97. The Morgan fingerprint density at radius 2 is 1.67 bits per heavy atom. The summed E-state index contributed by atoms with van der Waals surface area (Å²) in [6.07, 6.45) is 4.64. The molecule has 0 spiro atoms. The fourth-order valence-corrected chi connectivity index (χ4v) is 2.92. The van der Waals surface area contributed by atoms with Gasteiger partial charge in [-0.25, -0.2) is 0 Å². The number of carboxylic acids is 1. The number of carboxylic acid groups (broad SMARTS) is 1. The second-order valence-corrected chi connectivity index (χ2v) is 5.74. The Labute approximate surface area is 125 Å². The van der Waals surface area contributed by atoms with Crippen LogP contribution in [-0.4, -0.2) is 41.4 Å². The quantitative estimate of drug-likeness (QED) is 0.818. The zero-order chi connectivity index (χ0) is 15.1. The zero-order valence-corrected chi connectivity index (χ0v) is 12.3. The number of likely N-dealkylation sites (tertiary alicyclic amines) is 1. The second-order valence-electron chi connectivity index (χ2n) is 5.74. The smallest absolute Gasteiger partial charge is 0.304 e. The zero-order valence-electron chi connectivity index (χ0n) is 12.3. The first-order valence-corrected chi connectivity index (χ1v) is 7.70. The Morgan fingerprint density at radius 1 is 1.05 bits per heavy atom. The summed E-state index contributed by atoms with van der Waals surface area (Å²) in [5.74, 6) is -1.41. The van der Waals surface area contributed by atoms with Crippen LogP contribution in [0.2, 0.25) is 0 Å². The maximum Gasteiger partial charge on any atom is 0.304 e. The summed E-state index contributed by atoms with van der Waals surface area (Å²) in [6.45, 7) is 2.50. The summed E-state index contributed by atoms with van der Waals surface area (Å²) >= 11 is 0. The van der Waals surface area contributed by atoms with Crippen LogP contribution in [0, 0.1) is 5.92 Å². The third-order valence-corrected chi connectivity index (χ3v) is 4.03. The number of hydrogen-bond donors (Lipinski definition) is 1. The highest BCUT2D eigenvalue weighted by atomic mass is 16.4. The van der Waals surface area contributed by atoms with Crippen LogP contribution in [0.3, 0.4) is 0 Å². The van der Waals surface area contributed by atoms with Gasteiger partial charge in [0.1, 0.15) is 0 Å². The van der Waals surface area contributed by atoms with Crippen molar-refractivity contribution in [3.63, 3.8) is 0 Å². The monoisotopic (exact) mass is 289 g/mol. The first-order valence-electron chi connectivity index (χ1n) is 7.70. The Kier molecular flexibility index (Phi) is 5.93. The van der Waals surface area contributed by atoms with Gasteiger partial charge in [-0.1, -0.05) is 43.2 Å². The molecule has 1 unspecified atom stereocenters. The van der Waals surface area contributed by atoms with Crippen molar-refractivity contribution in [2.45, 2.75) is 32.1 Å². The SMILES string of the molecule is O=C(O)CC(CN1CCCCCC1)C(=O)c1ccccc1. The minimum atomic E-state index is -0.904. The van der Waals surface area contributed by atoms with Gasteiger partial charge < -0.3 is 10.0 Å². The molecule has 21 heavy (non-hydrogen) atoms. The van der Waals surface area contributed by atoms with E-state index in [1.54, 1.807) is 12.1 Å². The van der Waals surface area contributed by atoms with Crippen molar-refractivity contribution in [3.05, 3.63) is 35.9 Å². The molecule has 0 aliphatic carbocycles. The van der Waals surface area contributed by atoms with Gasteiger partial charge in [0.15, 0.2) is 5.78 Å². The average molecular weight is 289 g/mol. The van der Waals surface area contributed by atoms with Gasteiger partial charge in [-0.3, -0.25) is 9.59 Å². The molecule has 1 aromatic rings. The molecule has 0 amide bonds. The van der Waals surface area contributed by atoms with Gasteiger partial charge in [0.05, 0.1) is 6.42 Å². The van der Waals surface area contributed by atoms with Crippen LogP contribution in [0.5, 0.6) is 0 Å². The molecule has 1 heterocycles. The summed E-state index contributed by atoms with van der Waals surface area (Å²) in [5, 5.41) is 9.09. The molecule has 0 radical (unpaired) electrons. The summed E-state index contributed by atoms with van der Waals surface area (Å²) in [4.78, 5) is 25.9. The number of carbonyl (C=O) groups excluding carboxylic acids is 1. The fraction of sp³-hybridized carbons (Fsp3) is 0.529. The van der Waals surface area contributed by atoms with Crippen molar-refractivity contribution < 1.29 is 14.7 Å². The second kappa shape index (κ2) is 7.93. The van der Waals surface area contributed by atoms with Gasteiger partial charge in [0.25, 0.3) is 0 Å². The predicted octanol–water partition coefficient (Wildman–Crippen LogP) is 2.84. The maximum atomic E-state index is 12.5. The number of nitrogens with zero attached hydrogens (tertiary/aromatic N) is 1. The lowest BCUT2D eigenvalue weighted by Gasteiger charge is -2.24. The Morgan fingerprint density at radius 3 is 2.24 bits per heavy atom. The number of benzene rings is 1. The summed E-state index contributed by atoms with van der Waals surface area (Å²) in [6, 6.07) is 9.02. The first-order chi connectivity index (χ1) is 10.2. The van der Waals surface area contributed by atoms with Crippen LogP contribution in [0.1, 0.15) is 42.5 Å². The number of rotatable bonds is 6. The number of hydrogen-bond acceptors (Lipinski definition) is 3. The summed E-state index contributed by atoms with van der Waals surface area (Å²) in [5.41, 5.74) is 0.610. The number of aliphatic carboxylic acids is 1. The van der Waals surface area contributed by atoms with E-state index in [1.807, 2.05) is 18.2 Å². The van der Waals surface area contributed by atoms with E-state index in [1.165, 1.54) is 12.8 Å². The van der Waals surface area contributed by atoms with Crippen molar-refractivity contribution >= 4 is 11.8 Å². The van der Waals surface area contributed by atoms with Crippen LogP contribution in [-0.2, 0) is 4.79 Å². The minimum absolute atomic E-state index is 0.0535. The van der Waals surface area contributed by atoms with Crippen molar-refractivity contribution in [3.8, 4) is 0 Å².